The number of benzene rings is 3. The molecule has 0 unspecified atom stereocenters. The number of anilines is 2. The highest BCUT2D eigenvalue weighted by Crippen LogP contribution is 2.27. The summed E-state index contributed by atoms with van der Waals surface area (Å²) in [4.78, 5) is 82.9. The first-order valence-corrected chi connectivity index (χ1v) is 23.0. The second kappa shape index (κ2) is 27.0. The molecule has 0 spiro atoms. The fraction of sp³-hybridized carbons (Fsp3) is 0.400. The van der Waals surface area contributed by atoms with E-state index in [0.717, 1.165) is 37.1 Å². The zero-order valence-corrected chi connectivity index (χ0v) is 42.4. The molecule has 374 valence electrons. The van der Waals surface area contributed by atoms with Crippen LogP contribution in [-0.4, -0.2) is 92.3 Å². The van der Waals surface area contributed by atoms with Gasteiger partial charge in [-0.05, 0) is 61.1 Å². The number of rotatable bonds is 20. The molecule has 0 radical (unpaired) electrons. The lowest BCUT2D eigenvalue weighted by molar-refractivity contribution is -0.671. The number of unbranched alkanes of at least 4 members (excludes halogenated alkanes) is 2. The molecule has 70 heavy (non-hydrogen) atoms. The van der Waals surface area contributed by atoms with Gasteiger partial charge < -0.3 is 63.5 Å². The summed E-state index contributed by atoms with van der Waals surface area (Å²) in [6, 6.07) is 22.7. The van der Waals surface area contributed by atoms with Crippen molar-refractivity contribution < 1.29 is 90.8 Å². The average molecular weight is 1090 g/mol. The molecule has 2 aromatic heterocycles. The van der Waals surface area contributed by atoms with Gasteiger partial charge in [-0.15, -0.1) is 0 Å². The van der Waals surface area contributed by atoms with E-state index >= 15 is 0 Å². The van der Waals surface area contributed by atoms with Crippen LogP contribution in [0.3, 0.4) is 0 Å². The summed E-state index contributed by atoms with van der Waals surface area (Å²) >= 11 is 0. The van der Waals surface area contributed by atoms with Crippen molar-refractivity contribution >= 4 is 47.3 Å². The molecular formula is C50H60Br2N8O10. The minimum atomic E-state index is -1.00. The Bertz CT molecular complexity index is 2320. The van der Waals surface area contributed by atoms with Crippen molar-refractivity contribution in [3.05, 3.63) is 133 Å². The lowest BCUT2D eigenvalue weighted by Crippen LogP contribution is -3.00. The molecule has 2 N–H and O–H groups in total. The van der Waals surface area contributed by atoms with Gasteiger partial charge in [0.25, 0.3) is 0 Å². The molecule has 4 heterocycles. The van der Waals surface area contributed by atoms with Gasteiger partial charge >= 0.3 is 24.1 Å². The molecule has 2 aliphatic rings. The first-order chi connectivity index (χ1) is 32.9. The van der Waals surface area contributed by atoms with Crippen molar-refractivity contribution in [1.29, 1.82) is 0 Å². The number of imidazole rings is 2. The SMILES string of the molecule is C[n+]1ccn(CCCCC(=O)O[C@@H]2C[C@@H](C(=O)Nc3ccc(NC(=O)[C@@H]4C[C@@H](OC(=O)CCCCn5cc[n+](C)c5)CN4C(=O)OCc4ccccc4)cc3)N(C(=O)OCc3ccccc3)C2)c1.[Br-].[Br-]. The molecule has 0 saturated carbocycles. The van der Waals surface area contributed by atoms with Gasteiger partial charge in [0.2, 0.25) is 24.5 Å². The number of carbonyl (C=O) groups is 6. The normalized spacial score (nSPS) is 17.1. The Morgan fingerprint density at radius 1 is 0.557 bits per heavy atom. The highest BCUT2D eigenvalue weighted by Gasteiger charge is 2.44. The van der Waals surface area contributed by atoms with E-state index in [1.165, 1.54) is 9.80 Å². The van der Waals surface area contributed by atoms with E-state index in [0.29, 0.717) is 24.2 Å². The molecular weight excluding hydrogens is 1030 g/mol. The van der Waals surface area contributed by atoms with Crippen LogP contribution in [0.15, 0.2) is 122 Å². The van der Waals surface area contributed by atoms with Crippen molar-refractivity contribution in [3.63, 3.8) is 0 Å². The quantitative estimate of drug-likeness (QED) is 0.0434. The third-order valence-electron chi connectivity index (χ3n) is 11.8. The Balaban J connectivity index is 0.00000456. The van der Waals surface area contributed by atoms with E-state index < -0.39 is 60.2 Å². The third-order valence-corrected chi connectivity index (χ3v) is 11.8. The minimum absolute atomic E-state index is 0. The molecule has 2 aliphatic heterocycles. The molecule has 2 fully saturated rings. The number of carbonyl (C=O) groups excluding carboxylic acids is 6. The number of ether oxygens (including phenoxy) is 4. The van der Waals surface area contributed by atoms with Gasteiger partial charge in [-0.25, -0.2) is 27.9 Å². The van der Waals surface area contributed by atoms with Crippen LogP contribution in [0.1, 0.15) is 62.5 Å². The van der Waals surface area contributed by atoms with E-state index in [4.69, 9.17) is 18.9 Å². The Labute approximate surface area is 428 Å². The molecule has 3 aromatic carbocycles. The number of nitrogens with one attached hydrogen (secondary N) is 2. The average Bonchev–Trinajstić information content (AvgIpc) is 4.16. The first-order valence-electron chi connectivity index (χ1n) is 23.0. The zero-order chi connectivity index (χ0) is 47.8. The van der Waals surface area contributed by atoms with Crippen molar-refractivity contribution in [3.8, 4) is 0 Å². The van der Waals surface area contributed by atoms with Crippen LogP contribution >= 0.6 is 0 Å². The molecule has 2 saturated heterocycles. The first kappa shape index (κ1) is 54.4. The van der Waals surface area contributed by atoms with Crippen LogP contribution in [0.5, 0.6) is 0 Å². The van der Waals surface area contributed by atoms with Crippen molar-refractivity contribution in [1.82, 2.24) is 18.9 Å². The standard InChI is InChI=1S/C50H58N8O10.2BrH/c1-53-25-27-55(35-53)23-11-9-17-45(59)67-41-29-43(57(31-41)49(63)65-33-37-13-5-3-6-14-37)47(61)51-39-19-21-40(22-20-39)52-48(62)44-30-42(32-58(44)50(64)66-34-38-15-7-4-8-16-38)68-46(60)18-10-12-24-56-28-26-54(2)36-56;;/h3-8,13-16,19-22,25-28,35-36,41-44H,9-12,17-18,23-24,29-34H2,1-2H3;2*1H/t41-,42-,43+,44+;;/m1../s1. The Hall–Kier alpha value is -6.54. The summed E-state index contributed by atoms with van der Waals surface area (Å²) in [6.07, 6.45) is 12.2. The van der Waals surface area contributed by atoms with E-state index in [1.54, 1.807) is 24.3 Å². The van der Waals surface area contributed by atoms with Crippen LogP contribution in [0.25, 0.3) is 0 Å². The van der Waals surface area contributed by atoms with Crippen molar-refractivity contribution in [2.45, 2.75) is 102 Å². The van der Waals surface area contributed by atoms with Gasteiger partial charge in [-0.2, -0.15) is 0 Å². The molecule has 0 bridgehead atoms. The number of aromatic nitrogens is 4. The predicted octanol–water partition coefficient (Wildman–Crippen LogP) is -0.790. The molecule has 4 atom stereocenters. The van der Waals surface area contributed by atoms with E-state index in [1.807, 2.05) is 130 Å². The number of amides is 4. The van der Waals surface area contributed by atoms with Crippen LogP contribution in [0, 0.1) is 0 Å². The molecule has 20 heteroatoms. The molecule has 0 aliphatic carbocycles. The second-order valence-corrected chi connectivity index (χ2v) is 17.2. The Morgan fingerprint density at radius 2 is 0.943 bits per heavy atom. The summed E-state index contributed by atoms with van der Waals surface area (Å²) in [5.74, 6) is -1.84. The van der Waals surface area contributed by atoms with Crippen molar-refractivity contribution in [2.75, 3.05) is 23.7 Å². The highest BCUT2D eigenvalue weighted by molar-refractivity contribution is 5.99. The maximum atomic E-state index is 13.8. The van der Waals surface area contributed by atoms with E-state index in [-0.39, 0.29) is 85.9 Å². The van der Waals surface area contributed by atoms with Gasteiger partial charge in [0, 0.05) is 37.1 Å². The summed E-state index contributed by atoms with van der Waals surface area (Å²) in [5, 5.41) is 5.69. The zero-order valence-electron chi connectivity index (χ0n) is 39.3. The van der Waals surface area contributed by atoms with Crippen LogP contribution in [0.4, 0.5) is 21.0 Å². The van der Waals surface area contributed by atoms with E-state index in [2.05, 4.69) is 10.6 Å². The van der Waals surface area contributed by atoms with Gasteiger partial charge in [0.15, 0.2) is 0 Å². The third kappa shape index (κ3) is 16.3. The van der Waals surface area contributed by atoms with Gasteiger partial charge in [0.1, 0.15) is 62.3 Å². The summed E-state index contributed by atoms with van der Waals surface area (Å²) in [7, 11) is 3.88. The number of halogens is 2. The Morgan fingerprint density at radius 3 is 1.30 bits per heavy atom. The molecule has 7 rings (SSSR count). The van der Waals surface area contributed by atoms with Crippen LogP contribution in [0.2, 0.25) is 0 Å². The van der Waals surface area contributed by atoms with Crippen LogP contribution in [-0.2, 0) is 78.5 Å². The van der Waals surface area contributed by atoms with Crippen molar-refractivity contribution in [2.24, 2.45) is 14.1 Å². The summed E-state index contributed by atoms with van der Waals surface area (Å²) in [6.45, 7) is 1.47. The number of aryl methyl sites for hydroxylation is 4. The number of hydrogen-bond acceptors (Lipinski definition) is 10. The fourth-order valence-electron chi connectivity index (χ4n) is 8.24. The highest BCUT2D eigenvalue weighted by atomic mass is 79.9. The smallest absolute Gasteiger partial charge is 0.410 e. The maximum Gasteiger partial charge on any atom is 0.410 e. The number of esters is 2. The van der Waals surface area contributed by atoms with Gasteiger partial charge in [-0.3, -0.25) is 29.0 Å². The summed E-state index contributed by atoms with van der Waals surface area (Å²) < 4.78 is 30.7. The maximum absolute atomic E-state index is 13.8. The number of hydrogen-bond donors (Lipinski definition) is 2. The van der Waals surface area contributed by atoms with Gasteiger partial charge in [0.05, 0.1) is 40.3 Å². The number of likely N-dealkylation sites (tertiary alicyclic amines) is 2. The monoisotopic (exact) mass is 1090 g/mol. The lowest BCUT2D eigenvalue weighted by atomic mass is 10.1. The molecule has 4 amide bonds. The molecule has 5 aromatic rings. The second-order valence-electron chi connectivity index (χ2n) is 17.2. The Kier molecular flexibility index (Phi) is 21.0. The predicted molar refractivity (Wildman–Crippen MR) is 246 cm³/mol. The van der Waals surface area contributed by atoms with Gasteiger partial charge in [-0.1, -0.05) is 60.7 Å². The molecule has 18 nitrogen and oxygen atoms in total. The fourth-order valence-corrected chi connectivity index (χ4v) is 8.24. The largest absolute Gasteiger partial charge is 1.00 e. The summed E-state index contributed by atoms with van der Waals surface area (Å²) in [5.41, 5.74) is 2.31. The topological polar surface area (TPSA) is 188 Å². The minimum Gasteiger partial charge on any atom is -1.00 e. The van der Waals surface area contributed by atoms with Crippen LogP contribution < -0.4 is 53.7 Å². The lowest BCUT2D eigenvalue weighted by Gasteiger charge is -2.23. The number of nitrogens with zero attached hydrogens (tertiary/aromatic N) is 6. The van der Waals surface area contributed by atoms with E-state index in [9.17, 15) is 28.8 Å².